The van der Waals surface area contributed by atoms with Crippen molar-refractivity contribution < 1.29 is 4.79 Å². The van der Waals surface area contributed by atoms with Crippen LogP contribution in [0.2, 0.25) is 0 Å². The fraction of sp³-hybridized carbons (Fsp3) is 0.167. The number of amides is 1. The number of fused-ring (bicyclic) bond motifs is 1. The number of anilines is 1. The normalized spacial score (nSPS) is 10.9. The molecule has 0 aliphatic heterocycles. The highest BCUT2D eigenvalue weighted by molar-refractivity contribution is 7.80. The molecule has 142 valence electrons. The van der Waals surface area contributed by atoms with E-state index in [2.05, 4.69) is 25.9 Å². The Bertz CT molecular complexity index is 1160. The van der Waals surface area contributed by atoms with E-state index in [9.17, 15) is 4.79 Å². The minimum absolute atomic E-state index is 0.220. The second kappa shape index (κ2) is 7.74. The lowest BCUT2D eigenvalue weighted by atomic mass is 10.1. The van der Waals surface area contributed by atoms with Crippen molar-refractivity contribution in [3.8, 4) is 10.6 Å². The predicted octanol–water partition coefficient (Wildman–Crippen LogP) is 3.91. The lowest BCUT2D eigenvalue weighted by Gasteiger charge is -2.12. The third kappa shape index (κ3) is 3.66. The van der Waals surface area contributed by atoms with E-state index in [1.54, 1.807) is 10.6 Å². The zero-order chi connectivity index (χ0) is 19.7. The molecule has 0 unspecified atom stereocenters. The Hall–Kier alpha value is -2.69. The lowest BCUT2D eigenvalue weighted by molar-refractivity contribution is 0.0981. The molecule has 1 aromatic carbocycles. The summed E-state index contributed by atoms with van der Waals surface area (Å²) in [4.78, 5) is 13.5. The van der Waals surface area contributed by atoms with Gasteiger partial charge in [-0.15, -0.1) is 21.5 Å². The number of thiocarbonyl (C=S) groups is 1. The van der Waals surface area contributed by atoms with Crippen molar-refractivity contribution in [3.63, 3.8) is 0 Å². The highest BCUT2D eigenvalue weighted by Crippen LogP contribution is 2.29. The molecule has 0 bridgehead atoms. The minimum Gasteiger partial charge on any atom is -0.332 e. The third-order valence-corrected chi connectivity index (χ3v) is 6.10. The molecule has 0 saturated carbocycles. The summed E-state index contributed by atoms with van der Waals surface area (Å²) >= 11 is 8.15. The Kier molecular flexibility index (Phi) is 5.16. The molecule has 0 aliphatic carbocycles. The van der Waals surface area contributed by atoms with Gasteiger partial charge in [0.05, 0.1) is 4.88 Å². The summed E-state index contributed by atoms with van der Waals surface area (Å²) in [5.74, 6) is 0.613. The van der Waals surface area contributed by atoms with Crippen molar-refractivity contribution in [2.45, 2.75) is 20.3 Å². The molecular formula is C18H16N6OS3. The van der Waals surface area contributed by atoms with Crippen molar-refractivity contribution in [2.24, 2.45) is 0 Å². The minimum atomic E-state index is -0.220. The molecule has 28 heavy (non-hydrogen) atoms. The molecule has 4 aromatic rings. The molecule has 1 amide bonds. The van der Waals surface area contributed by atoms with Crippen molar-refractivity contribution in [1.29, 1.82) is 0 Å². The van der Waals surface area contributed by atoms with Crippen LogP contribution in [0.1, 0.15) is 28.0 Å². The maximum atomic E-state index is 12.2. The highest BCUT2D eigenvalue weighted by atomic mass is 32.1. The van der Waals surface area contributed by atoms with Gasteiger partial charge < -0.3 is 5.32 Å². The maximum absolute atomic E-state index is 12.2. The van der Waals surface area contributed by atoms with Crippen LogP contribution < -0.4 is 10.6 Å². The van der Waals surface area contributed by atoms with Crippen LogP contribution in [0.25, 0.3) is 15.5 Å². The number of carbonyl (C=O) groups is 1. The van der Waals surface area contributed by atoms with Crippen LogP contribution in [0, 0.1) is 6.92 Å². The van der Waals surface area contributed by atoms with Gasteiger partial charge in [-0.1, -0.05) is 36.5 Å². The van der Waals surface area contributed by atoms with Crippen molar-refractivity contribution in [1.82, 2.24) is 25.1 Å². The molecule has 0 spiro atoms. The quantitative estimate of drug-likeness (QED) is 0.480. The monoisotopic (exact) mass is 428 g/mol. The van der Waals surface area contributed by atoms with E-state index >= 15 is 0 Å². The number of benzene rings is 1. The second-order valence-corrected chi connectivity index (χ2v) is 8.30. The largest absolute Gasteiger partial charge is 0.332 e. The summed E-state index contributed by atoms with van der Waals surface area (Å²) in [6.07, 6.45) is 0.767. The SMILES string of the molecule is CCc1nnc2sc(-c3ccc(C)c(NC(=S)NC(=O)c4cccs4)c3)nn12. The first-order chi connectivity index (χ1) is 13.5. The maximum Gasteiger partial charge on any atom is 0.267 e. The zero-order valence-corrected chi connectivity index (χ0v) is 17.5. The van der Waals surface area contributed by atoms with E-state index in [0.29, 0.717) is 4.88 Å². The van der Waals surface area contributed by atoms with Gasteiger partial charge in [-0.05, 0) is 42.2 Å². The Labute approximate surface area is 174 Å². The molecule has 2 N–H and O–H groups in total. The molecule has 3 aromatic heterocycles. The van der Waals surface area contributed by atoms with Crippen LogP contribution in [-0.4, -0.2) is 30.8 Å². The number of aromatic nitrogens is 4. The number of aryl methyl sites for hydroxylation is 2. The van der Waals surface area contributed by atoms with E-state index in [4.69, 9.17) is 12.2 Å². The Morgan fingerprint density at radius 1 is 1.29 bits per heavy atom. The average Bonchev–Trinajstić information content (AvgIpc) is 3.40. The first kappa shape index (κ1) is 18.7. The summed E-state index contributed by atoms with van der Waals surface area (Å²) in [7, 11) is 0. The van der Waals surface area contributed by atoms with E-state index in [1.165, 1.54) is 22.7 Å². The van der Waals surface area contributed by atoms with E-state index in [-0.39, 0.29) is 11.0 Å². The van der Waals surface area contributed by atoms with Crippen LogP contribution in [0.5, 0.6) is 0 Å². The van der Waals surface area contributed by atoms with Crippen LogP contribution in [0.3, 0.4) is 0 Å². The number of nitrogens with one attached hydrogen (secondary N) is 2. The number of hydrogen-bond donors (Lipinski definition) is 2. The Morgan fingerprint density at radius 3 is 2.89 bits per heavy atom. The van der Waals surface area contributed by atoms with Gasteiger partial charge in [0.2, 0.25) is 4.96 Å². The Morgan fingerprint density at radius 2 is 2.14 bits per heavy atom. The smallest absolute Gasteiger partial charge is 0.267 e. The van der Waals surface area contributed by atoms with Gasteiger partial charge in [-0.25, -0.2) is 0 Å². The molecule has 0 fully saturated rings. The fourth-order valence-corrected chi connectivity index (χ4v) is 4.29. The van der Waals surface area contributed by atoms with Gasteiger partial charge >= 0.3 is 0 Å². The summed E-state index contributed by atoms with van der Waals surface area (Å²) in [6.45, 7) is 4.00. The highest BCUT2D eigenvalue weighted by Gasteiger charge is 2.14. The van der Waals surface area contributed by atoms with Gasteiger partial charge in [0.1, 0.15) is 5.01 Å². The summed E-state index contributed by atoms with van der Waals surface area (Å²) in [5, 5.41) is 21.7. The first-order valence-electron chi connectivity index (χ1n) is 8.53. The summed E-state index contributed by atoms with van der Waals surface area (Å²) in [5.41, 5.74) is 2.77. The molecule has 0 atom stereocenters. The molecule has 0 radical (unpaired) electrons. The van der Waals surface area contributed by atoms with Crippen molar-refractivity contribution in [2.75, 3.05) is 5.32 Å². The lowest BCUT2D eigenvalue weighted by Crippen LogP contribution is -2.33. The number of rotatable bonds is 4. The van der Waals surface area contributed by atoms with E-state index in [1.807, 2.05) is 43.5 Å². The topological polar surface area (TPSA) is 84.2 Å². The van der Waals surface area contributed by atoms with E-state index < -0.39 is 0 Å². The van der Waals surface area contributed by atoms with Crippen LogP contribution in [0.15, 0.2) is 35.7 Å². The predicted molar refractivity (Wildman–Crippen MR) is 116 cm³/mol. The summed E-state index contributed by atoms with van der Waals surface area (Å²) < 4.78 is 1.78. The van der Waals surface area contributed by atoms with Crippen LogP contribution in [-0.2, 0) is 6.42 Å². The van der Waals surface area contributed by atoms with Crippen molar-refractivity contribution >= 4 is 56.6 Å². The Balaban J connectivity index is 1.55. The number of nitrogens with zero attached hydrogens (tertiary/aromatic N) is 4. The van der Waals surface area contributed by atoms with Gasteiger partial charge in [-0.3, -0.25) is 10.1 Å². The third-order valence-electron chi connectivity index (χ3n) is 4.08. The standard InChI is InChI=1S/C18H16N6OS3/c1-3-14-21-22-18-24(14)23-16(28-18)11-7-6-10(2)12(9-11)19-17(26)20-15(25)13-5-4-8-27-13/h4-9H,3H2,1-2H3,(H2,19,20,25,26). The first-order valence-corrected chi connectivity index (χ1v) is 10.6. The summed E-state index contributed by atoms with van der Waals surface area (Å²) in [6, 6.07) is 9.55. The number of carbonyl (C=O) groups excluding carboxylic acids is 1. The van der Waals surface area contributed by atoms with E-state index in [0.717, 1.165) is 39.0 Å². The molecule has 7 nitrogen and oxygen atoms in total. The molecule has 3 heterocycles. The van der Waals surface area contributed by atoms with Crippen molar-refractivity contribution in [3.05, 3.63) is 52.0 Å². The molecule has 4 rings (SSSR count). The number of hydrogen-bond acceptors (Lipinski definition) is 7. The van der Waals surface area contributed by atoms with Gasteiger partial charge in [0.25, 0.3) is 5.91 Å². The second-order valence-electron chi connectivity index (χ2n) is 5.99. The fourth-order valence-electron chi connectivity index (χ4n) is 2.61. The average molecular weight is 429 g/mol. The molecule has 10 heteroatoms. The van der Waals surface area contributed by atoms with Crippen LogP contribution in [0.4, 0.5) is 5.69 Å². The van der Waals surface area contributed by atoms with Crippen LogP contribution >= 0.6 is 34.9 Å². The molecule has 0 saturated heterocycles. The van der Waals surface area contributed by atoms with Gasteiger partial charge in [-0.2, -0.15) is 9.61 Å². The zero-order valence-electron chi connectivity index (χ0n) is 15.1. The number of thiophene rings is 1. The molecule has 0 aliphatic rings. The van der Waals surface area contributed by atoms with Gasteiger partial charge in [0, 0.05) is 17.7 Å². The van der Waals surface area contributed by atoms with Gasteiger partial charge in [0.15, 0.2) is 10.9 Å². The molecular weight excluding hydrogens is 412 g/mol.